The molecular weight excluding hydrogens is 341 g/mol. The molecule has 0 fully saturated rings. The molecule has 1 amide bonds. The van der Waals surface area contributed by atoms with Crippen LogP contribution in [0.2, 0.25) is 0 Å². The van der Waals surface area contributed by atoms with E-state index >= 15 is 0 Å². The Hall–Kier alpha value is -1.56. The third kappa shape index (κ3) is 6.62. The third-order valence-corrected chi connectivity index (χ3v) is 4.61. The number of esters is 1. The van der Waals surface area contributed by atoms with Crippen LogP contribution in [0.5, 0.6) is 0 Å². The number of hydrogen-bond acceptors (Lipinski definition) is 4. The topological polar surface area (TPSA) is 113 Å². The Morgan fingerprint density at radius 3 is 2.33 bits per heavy atom. The van der Waals surface area contributed by atoms with E-state index in [1.165, 1.54) is 24.3 Å². The van der Waals surface area contributed by atoms with Crippen molar-refractivity contribution < 1.29 is 26.3 Å². The summed E-state index contributed by atoms with van der Waals surface area (Å²) in [7, 11) is 0. The Balaban J connectivity index is 2.41. The first-order valence-electron chi connectivity index (χ1n) is 6.44. The molecule has 0 atom stereocenters. The van der Waals surface area contributed by atoms with E-state index in [0.29, 0.717) is 18.7 Å². The van der Waals surface area contributed by atoms with Gasteiger partial charge in [0, 0.05) is 0 Å². The van der Waals surface area contributed by atoms with Crippen LogP contribution < -0.4 is 9.67 Å². The summed E-state index contributed by atoms with van der Waals surface area (Å²) in [6.45, 7) is 2.03. The summed E-state index contributed by atoms with van der Waals surface area (Å²) in [5.74, 6) is -0.605. The van der Waals surface area contributed by atoms with E-state index in [0.717, 1.165) is 0 Å². The summed E-state index contributed by atoms with van der Waals surface area (Å²) >= 11 is -4.88. The normalized spacial score (nSPS) is 11.0. The van der Waals surface area contributed by atoms with Gasteiger partial charge in [-0.3, -0.25) is 0 Å². The van der Waals surface area contributed by atoms with E-state index in [1.54, 1.807) is 6.92 Å². The second-order valence-corrected chi connectivity index (χ2v) is 7.66. The van der Waals surface area contributed by atoms with Crippen LogP contribution in [0.25, 0.3) is 0 Å². The number of carbonyl (C=O) groups excluding carboxylic acids is 2. The monoisotopic (exact) mass is 359 g/mol. The molecule has 0 saturated carbocycles. The second kappa shape index (κ2) is 8.02. The minimum absolute atomic E-state index is 0.0477. The number of ether oxygens (including phenoxy) is 1. The Morgan fingerprint density at radius 2 is 1.81 bits per heavy atom. The van der Waals surface area contributed by atoms with Crippen LogP contribution in [-0.2, 0) is 18.1 Å². The molecule has 1 rings (SSSR count). The number of carbonyl (C=O) groups is 2. The average molecular weight is 359 g/mol. The predicted molar refractivity (Wildman–Crippen MR) is 76.1 cm³/mol. The van der Waals surface area contributed by atoms with Crippen LogP contribution in [0.15, 0.2) is 24.3 Å². The van der Waals surface area contributed by atoms with Gasteiger partial charge in [-0.2, -0.15) is 0 Å². The molecule has 116 valence electrons. The molecule has 0 radical (unpaired) electrons. The van der Waals surface area contributed by atoms with Gasteiger partial charge < -0.3 is 0 Å². The molecule has 0 unspecified atom stereocenters. The molecule has 21 heavy (non-hydrogen) atoms. The van der Waals surface area contributed by atoms with E-state index in [2.05, 4.69) is 5.32 Å². The molecule has 7 nitrogen and oxygen atoms in total. The van der Waals surface area contributed by atoms with Crippen molar-refractivity contribution in [2.45, 2.75) is 26.2 Å². The Labute approximate surface area is 125 Å². The van der Waals surface area contributed by atoms with Crippen LogP contribution in [-0.4, -0.2) is 40.8 Å². The zero-order valence-electron chi connectivity index (χ0n) is 11.6. The zero-order valence-corrected chi connectivity index (χ0v) is 13.5. The number of amides is 1. The van der Waals surface area contributed by atoms with E-state index in [1.807, 2.05) is 0 Å². The van der Waals surface area contributed by atoms with E-state index < -0.39 is 14.2 Å². The molecular formula is C13H18AsNO6. The number of nitrogens with one attached hydrogen (secondary N) is 1. The summed E-state index contributed by atoms with van der Waals surface area (Å²) in [6, 6.07) is 5.43. The predicted octanol–water partition coefficient (Wildman–Crippen LogP) is -0.0805. The van der Waals surface area contributed by atoms with Gasteiger partial charge in [0.1, 0.15) is 0 Å². The molecule has 3 N–H and O–H groups in total. The zero-order chi connectivity index (χ0) is 15.9. The second-order valence-electron chi connectivity index (χ2n) is 4.30. The Morgan fingerprint density at radius 1 is 1.19 bits per heavy atom. The van der Waals surface area contributed by atoms with Crippen LogP contribution in [0.3, 0.4) is 0 Å². The van der Waals surface area contributed by atoms with Crippen LogP contribution in [0.1, 0.15) is 26.2 Å². The van der Waals surface area contributed by atoms with Gasteiger partial charge in [0.2, 0.25) is 0 Å². The van der Waals surface area contributed by atoms with E-state index in [9.17, 15) is 13.3 Å². The standard InChI is InChI=1S/C13H18AsNO6/c1-2-21-13(17)5-3-4-12(16)15-11-8-6-10(7-9-11)14(18,19)20/h6-9H,2-5H2,1H3,(H,15,16)(H2,18,19,20). The summed E-state index contributed by atoms with van der Waals surface area (Å²) in [4.78, 5) is 22.7. The first kappa shape index (κ1) is 17.5. The van der Waals surface area contributed by atoms with Crippen LogP contribution in [0.4, 0.5) is 5.69 Å². The molecule has 0 spiro atoms. The molecule has 1 aromatic rings. The first-order valence-corrected chi connectivity index (χ1v) is 9.83. The number of benzene rings is 1. The first-order chi connectivity index (χ1) is 9.82. The maximum absolute atomic E-state index is 11.6. The summed E-state index contributed by atoms with van der Waals surface area (Å²) in [6.07, 6.45) is 0.734. The van der Waals surface area contributed by atoms with Gasteiger partial charge in [-0.1, -0.05) is 0 Å². The van der Waals surface area contributed by atoms with Gasteiger partial charge in [-0.15, -0.1) is 0 Å². The van der Waals surface area contributed by atoms with Gasteiger partial charge in [0.15, 0.2) is 0 Å². The SMILES string of the molecule is CCOC(=O)CCCC(=O)Nc1ccc([As](=O)(O)O)cc1. The van der Waals surface area contributed by atoms with Gasteiger partial charge in [-0.05, 0) is 6.92 Å². The third-order valence-electron chi connectivity index (χ3n) is 2.58. The van der Waals surface area contributed by atoms with E-state index in [-0.39, 0.29) is 29.1 Å². The molecule has 8 heteroatoms. The summed E-state index contributed by atoms with van der Waals surface area (Å²) < 4.78 is 33.8. The van der Waals surface area contributed by atoms with Gasteiger partial charge >= 0.3 is 118 Å². The van der Waals surface area contributed by atoms with Crippen molar-refractivity contribution in [2.24, 2.45) is 0 Å². The molecule has 0 saturated heterocycles. The molecule has 1 aromatic carbocycles. The fourth-order valence-corrected chi connectivity index (χ4v) is 2.72. The minimum atomic E-state index is -4.88. The molecule has 0 aliphatic carbocycles. The fraction of sp³-hybridized carbons (Fsp3) is 0.385. The molecule has 0 aliphatic rings. The number of hydrogen-bond donors (Lipinski definition) is 3. The molecule has 0 heterocycles. The summed E-state index contributed by atoms with van der Waals surface area (Å²) in [5, 5.41) is 2.59. The van der Waals surface area contributed by atoms with Crippen molar-refractivity contribution in [1.82, 2.24) is 0 Å². The van der Waals surface area contributed by atoms with Crippen molar-refractivity contribution in [2.75, 3.05) is 11.9 Å². The Kier molecular flexibility index (Phi) is 6.68. The van der Waals surface area contributed by atoms with Gasteiger partial charge in [0.05, 0.1) is 0 Å². The number of anilines is 1. The van der Waals surface area contributed by atoms with Crippen molar-refractivity contribution in [3.63, 3.8) is 0 Å². The van der Waals surface area contributed by atoms with Crippen molar-refractivity contribution >= 4 is 36.1 Å². The molecule has 0 bridgehead atoms. The van der Waals surface area contributed by atoms with Gasteiger partial charge in [-0.25, -0.2) is 0 Å². The maximum atomic E-state index is 11.6. The Bertz CT molecular complexity index is 536. The van der Waals surface area contributed by atoms with Gasteiger partial charge in [0.25, 0.3) is 0 Å². The van der Waals surface area contributed by atoms with Crippen molar-refractivity contribution in [1.29, 1.82) is 0 Å². The molecule has 0 aliphatic heterocycles. The van der Waals surface area contributed by atoms with E-state index in [4.69, 9.17) is 12.9 Å². The van der Waals surface area contributed by atoms with Crippen molar-refractivity contribution in [3.8, 4) is 0 Å². The summed E-state index contributed by atoms with van der Waals surface area (Å²) in [5.41, 5.74) is 0.448. The van der Waals surface area contributed by atoms with Crippen molar-refractivity contribution in [3.05, 3.63) is 24.3 Å². The quantitative estimate of drug-likeness (QED) is 0.464. The van der Waals surface area contributed by atoms with Crippen LogP contribution >= 0.6 is 0 Å². The van der Waals surface area contributed by atoms with Crippen LogP contribution in [0, 0.1) is 0 Å². The average Bonchev–Trinajstić information content (AvgIpc) is 2.38. The number of rotatable bonds is 7. The fourth-order valence-electron chi connectivity index (χ4n) is 1.59. The molecule has 0 aromatic heterocycles.